The molecule has 0 saturated heterocycles. The molecule has 0 aliphatic heterocycles. The van der Waals surface area contributed by atoms with Crippen LogP contribution in [0.15, 0.2) is 0 Å². The molecule has 2 amide bonds. The molecule has 1 rings (SSSR count). The molecule has 0 heterocycles. The third kappa shape index (κ3) is 5.91. The van der Waals surface area contributed by atoms with Crippen LogP contribution >= 0.6 is 0 Å². The van der Waals surface area contributed by atoms with Gasteiger partial charge < -0.3 is 20.4 Å². The largest absolute Gasteiger partial charge is 0.481 e. The molecule has 1 fully saturated rings. The molecule has 0 aromatic heterocycles. The fourth-order valence-electron chi connectivity index (χ4n) is 2.92. The highest BCUT2D eigenvalue weighted by Gasteiger charge is 2.26. The number of carboxylic acid groups (broad SMARTS) is 1. The number of aliphatic hydroxyl groups excluding tert-OH is 1. The molecule has 3 N–H and O–H groups in total. The third-order valence-electron chi connectivity index (χ3n) is 4.10. The first kappa shape index (κ1) is 17.8. The Morgan fingerprint density at radius 1 is 1.29 bits per heavy atom. The number of rotatable bonds is 8. The maximum absolute atomic E-state index is 12.3. The molecule has 1 aliphatic carbocycles. The van der Waals surface area contributed by atoms with E-state index in [2.05, 4.69) is 5.32 Å². The molecule has 6 nitrogen and oxygen atoms in total. The van der Waals surface area contributed by atoms with Crippen LogP contribution < -0.4 is 5.32 Å². The van der Waals surface area contributed by atoms with Gasteiger partial charge in [-0.2, -0.15) is 0 Å². The molecule has 0 aromatic rings. The van der Waals surface area contributed by atoms with E-state index in [1.807, 2.05) is 6.92 Å². The monoisotopic (exact) mass is 300 g/mol. The number of hydrogen-bond acceptors (Lipinski definition) is 3. The Morgan fingerprint density at radius 2 is 1.95 bits per heavy atom. The summed E-state index contributed by atoms with van der Waals surface area (Å²) in [5, 5.41) is 21.0. The number of amides is 2. The summed E-state index contributed by atoms with van der Waals surface area (Å²) in [5.41, 5.74) is 0. The van der Waals surface area contributed by atoms with Crippen molar-refractivity contribution in [3.63, 3.8) is 0 Å². The van der Waals surface area contributed by atoms with Gasteiger partial charge in [-0.05, 0) is 19.3 Å². The molecular weight excluding hydrogens is 272 g/mol. The maximum Gasteiger partial charge on any atom is 0.317 e. The van der Waals surface area contributed by atoms with E-state index in [-0.39, 0.29) is 25.2 Å². The first-order chi connectivity index (χ1) is 10.1. The second-order valence-corrected chi connectivity index (χ2v) is 5.72. The summed E-state index contributed by atoms with van der Waals surface area (Å²) in [6.45, 7) is 2.32. The van der Waals surface area contributed by atoms with Crippen LogP contribution in [-0.2, 0) is 4.79 Å². The highest BCUT2D eigenvalue weighted by Crippen LogP contribution is 2.22. The molecular formula is C15H28N2O4. The lowest BCUT2D eigenvalue weighted by Crippen LogP contribution is -2.49. The van der Waals surface area contributed by atoms with Crippen LogP contribution in [0, 0.1) is 5.92 Å². The van der Waals surface area contributed by atoms with E-state index in [1.165, 1.54) is 6.42 Å². The molecule has 21 heavy (non-hydrogen) atoms. The van der Waals surface area contributed by atoms with E-state index < -0.39 is 11.9 Å². The topological polar surface area (TPSA) is 89.9 Å². The Balaban J connectivity index is 2.53. The van der Waals surface area contributed by atoms with Gasteiger partial charge >= 0.3 is 12.0 Å². The number of carboxylic acids is 1. The molecule has 0 spiro atoms. The van der Waals surface area contributed by atoms with Gasteiger partial charge in [0, 0.05) is 19.1 Å². The highest BCUT2D eigenvalue weighted by atomic mass is 16.4. The van der Waals surface area contributed by atoms with Crippen LogP contribution in [-0.4, -0.2) is 52.9 Å². The number of nitrogens with zero attached hydrogens (tertiary/aromatic N) is 1. The molecule has 1 saturated carbocycles. The van der Waals surface area contributed by atoms with E-state index in [0.29, 0.717) is 13.0 Å². The summed E-state index contributed by atoms with van der Waals surface area (Å²) >= 11 is 0. The van der Waals surface area contributed by atoms with E-state index in [9.17, 15) is 9.59 Å². The Labute approximate surface area is 126 Å². The number of nitrogens with one attached hydrogen (secondary N) is 1. The van der Waals surface area contributed by atoms with Crippen molar-refractivity contribution in [1.29, 1.82) is 0 Å². The van der Waals surface area contributed by atoms with Crippen molar-refractivity contribution in [2.75, 3.05) is 19.7 Å². The fourth-order valence-corrected chi connectivity index (χ4v) is 2.92. The van der Waals surface area contributed by atoms with Crippen LogP contribution in [0.5, 0.6) is 0 Å². The van der Waals surface area contributed by atoms with E-state index in [1.54, 1.807) is 4.90 Å². The highest BCUT2D eigenvalue weighted by molar-refractivity contribution is 5.76. The van der Waals surface area contributed by atoms with Crippen molar-refractivity contribution in [1.82, 2.24) is 10.2 Å². The van der Waals surface area contributed by atoms with Crippen molar-refractivity contribution in [2.45, 2.75) is 57.9 Å². The van der Waals surface area contributed by atoms with Gasteiger partial charge in [0.2, 0.25) is 0 Å². The minimum atomic E-state index is -0.872. The number of urea groups is 1. The summed E-state index contributed by atoms with van der Waals surface area (Å²) in [6.07, 6.45) is 6.66. The number of hydrogen-bond donors (Lipinski definition) is 3. The van der Waals surface area contributed by atoms with Crippen LogP contribution in [0.3, 0.4) is 0 Å². The Bertz CT molecular complexity index is 330. The standard InChI is InChI=1S/C15H28N2O4/c1-2-6-12(14(19)20)11-16-15(21)17(9-10-18)13-7-4-3-5-8-13/h12-13,18H,2-11H2,1H3,(H,16,21)(H,19,20). The average Bonchev–Trinajstić information content (AvgIpc) is 2.49. The lowest BCUT2D eigenvalue weighted by molar-refractivity contribution is -0.141. The Kier molecular flexibility index (Phi) is 8.12. The molecule has 122 valence electrons. The zero-order valence-corrected chi connectivity index (χ0v) is 12.9. The van der Waals surface area contributed by atoms with Crippen molar-refractivity contribution in [3.05, 3.63) is 0 Å². The zero-order valence-electron chi connectivity index (χ0n) is 12.9. The van der Waals surface area contributed by atoms with Gasteiger partial charge in [0.1, 0.15) is 0 Å². The maximum atomic E-state index is 12.3. The first-order valence-corrected chi connectivity index (χ1v) is 7.98. The van der Waals surface area contributed by atoms with Crippen molar-refractivity contribution in [3.8, 4) is 0 Å². The number of aliphatic hydroxyl groups is 1. The van der Waals surface area contributed by atoms with Crippen molar-refractivity contribution >= 4 is 12.0 Å². The van der Waals surface area contributed by atoms with Gasteiger partial charge in [-0.25, -0.2) is 4.79 Å². The number of carbonyl (C=O) groups excluding carboxylic acids is 1. The summed E-state index contributed by atoms with van der Waals surface area (Å²) in [4.78, 5) is 25.0. The van der Waals surface area contributed by atoms with Gasteiger partial charge in [-0.1, -0.05) is 32.6 Å². The summed E-state index contributed by atoms with van der Waals surface area (Å²) in [5.74, 6) is -1.41. The Hall–Kier alpha value is -1.30. The first-order valence-electron chi connectivity index (χ1n) is 7.98. The second-order valence-electron chi connectivity index (χ2n) is 5.72. The quantitative estimate of drug-likeness (QED) is 0.638. The van der Waals surface area contributed by atoms with Gasteiger partial charge in [-0.15, -0.1) is 0 Å². The number of aliphatic carboxylic acids is 1. The van der Waals surface area contributed by atoms with Gasteiger partial charge in [-0.3, -0.25) is 4.79 Å². The summed E-state index contributed by atoms with van der Waals surface area (Å²) < 4.78 is 0. The molecule has 0 bridgehead atoms. The lowest BCUT2D eigenvalue weighted by Gasteiger charge is -2.34. The molecule has 0 radical (unpaired) electrons. The van der Waals surface area contributed by atoms with Gasteiger partial charge in [0.25, 0.3) is 0 Å². The average molecular weight is 300 g/mol. The van der Waals surface area contributed by atoms with E-state index >= 15 is 0 Å². The van der Waals surface area contributed by atoms with Gasteiger partial charge in [0.05, 0.1) is 12.5 Å². The van der Waals surface area contributed by atoms with Gasteiger partial charge in [0.15, 0.2) is 0 Å². The second kappa shape index (κ2) is 9.60. The van der Waals surface area contributed by atoms with E-state index in [0.717, 1.165) is 32.1 Å². The third-order valence-corrected chi connectivity index (χ3v) is 4.10. The van der Waals surface area contributed by atoms with E-state index in [4.69, 9.17) is 10.2 Å². The molecule has 0 aromatic carbocycles. The molecule has 1 atom stereocenters. The van der Waals surface area contributed by atoms with Crippen LogP contribution in [0.4, 0.5) is 4.79 Å². The minimum Gasteiger partial charge on any atom is -0.481 e. The smallest absolute Gasteiger partial charge is 0.317 e. The lowest BCUT2D eigenvalue weighted by atomic mass is 9.94. The fraction of sp³-hybridized carbons (Fsp3) is 0.867. The van der Waals surface area contributed by atoms with Crippen LogP contribution in [0.25, 0.3) is 0 Å². The SMILES string of the molecule is CCCC(CNC(=O)N(CCO)C1CCCCC1)C(=O)O. The normalized spacial score (nSPS) is 17.2. The predicted molar refractivity (Wildman–Crippen MR) is 80.1 cm³/mol. The molecule has 1 aliphatic rings. The Morgan fingerprint density at radius 3 is 2.48 bits per heavy atom. The minimum absolute atomic E-state index is 0.0682. The number of carbonyl (C=O) groups is 2. The zero-order chi connectivity index (χ0) is 15.7. The molecule has 1 unspecified atom stereocenters. The van der Waals surface area contributed by atoms with Crippen molar-refractivity contribution < 1.29 is 19.8 Å². The van der Waals surface area contributed by atoms with Crippen LogP contribution in [0.1, 0.15) is 51.9 Å². The summed E-state index contributed by atoms with van der Waals surface area (Å²) in [6, 6.07) is -0.0846. The van der Waals surface area contributed by atoms with Crippen molar-refractivity contribution in [2.24, 2.45) is 5.92 Å². The van der Waals surface area contributed by atoms with Crippen LogP contribution in [0.2, 0.25) is 0 Å². The predicted octanol–water partition coefficient (Wildman–Crippen LogP) is 1.82. The summed E-state index contributed by atoms with van der Waals surface area (Å²) in [7, 11) is 0. The molecule has 6 heteroatoms.